The first-order valence-electron chi connectivity index (χ1n) is 8.19. The number of amides is 2. The van der Waals surface area contributed by atoms with Gasteiger partial charge in [-0.25, -0.2) is 0 Å². The molecule has 126 valence electrons. The van der Waals surface area contributed by atoms with Crippen LogP contribution in [0.5, 0.6) is 0 Å². The number of aryl methyl sites for hydroxylation is 3. The fraction of sp³-hybridized carbons (Fsp3) is 0.368. The molecule has 1 aromatic heterocycles. The Hall–Kier alpha value is -2.14. The largest absolute Gasteiger partial charge is 0.332 e. The Morgan fingerprint density at radius 3 is 2.79 bits per heavy atom. The van der Waals surface area contributed by atoms with Gasteiger partial charge in [0, 0.05) is 17.6 Å². The second kappa shape index (κ2) is 6.77. The first-order chi connectivity index (χ1) is 11.5. The molecule has 3 rings (SSSR count). The van der Waals surface area contributed by atoms with Gasteiger partial charge < -0.3 is 10.2 Å². The zero-order valence-electron chi connectivity index (χ0n) is 14.3. The minimum atomic E-state index is -0.177. The highest BCUT2D eigenvalue weighted by Crippen LogP contribution is 2.31. The van der Waals surface area contributed by atoms with E-state index in [1.54, 1.807) is 18.4 Å². The van der Waals surface area contributed by atoms with Crippen LogP contribution in [-0.4, -0.2) is 30.3 Å². The van der Waals surface area contributed by atoms with E-state index < -0.39 is 0 Å². The van der Waals surface area contributed by atoms with Crippen molar-refractivity contribution in [3.8, 4) is 0 Å². The summed E-state index contributed by atoms with van der Waals surface area (Å²) in [6.07, 6.45) is 3.32. The van der Waals surface area contributed by atoms with Crippen LogP contribution in [0.1, 0.15) is 37.7 Å². The van der Waals surface area contributed by atoms with Crippen LogP contribution in [0.25, 0.3) is 0 Å². The van der Waals surface area contributed by atoms with E-state index in [4.69, 9.17) is 0 Å². The van der Waals surface area contributed by atoms with E-state index in [0.29, 0.717) is 0 Å². The number of likely N-dealkylation sites (N-methyl/N-ethyl adjacent to an activating group) is 1. The number of nitrogens with zero attached hydrogens (tertiary/aromatic N) is 1. The van der Waals surface area contributed by atoms with Gasteiger partial charge in [0.2, 0.25) is 5.91 Å². The van der Waals surface area contributed by atoms with Crippen molar-refractivity contribution in [2.75, 3.05) is 18.9 Å². The number of carbonyl (C=O) groups is 2. The smallest absolute Gasteiger partial charge is 0.264 e. The van der Waals surface area contributed by atoms with Crippen LogP contribution in [0.4, 0.5) is 5.69 Å². The predicted octanol–water partition coefficient (Wildman–Crippen LogP) is 3.56. The normalized spacial score (nSPS) is 12.8. The number of fused-ring (bicyclic) bond motifs is 1. The van der Waals surface area contributed by atoms with Crippen molar-refractivity contribution in [1.82, 2.24) is 4.90 Å². The highest BCUT2D eigenvalue weighted by Gasteiger charge is 2.21. The summed E-state index contributed by atoms with van der Waals surface area (Å²) in [7, 11) is 1.68. The van der Waals surface area contributed by atoms with Gasteiger partial charge in [0.15, 0.2) is 0 Å². The Morgan fingerprint density at radius 2 is 2.04 bits per heavy atom. The van der Waals surface area contributed by atoms with Gasteiger partial charge in [-0.05, 0) is 61.9 Å². The number of carbonyl (C=O) groups excluding carboxylic acids is 2. The van der Waals surface area contributed by atoms with Gasteiger partial charge in [0.25, 0.3) is 5.91 Å². The number of benzene rings is 1. The van der Waals surface area contributed by atoms with Crippen molar-refractivity contribution < 1.29 is 9.59 Å². The van der Waals surface area contributed by atoms with Gasteiger partial charge in [-0.2, -0.15) is 0 Å². The summed E-state index contributed by atoms with van der Waals surface area (Å²) in [6.45, 7) is 4.04. The van der Waals surface area contributed by atoms with Crippen molar-refractivity contribution in [3.63, 3.8) is 0 Å². The molecule has 1 N–H and O–H groups in total. The molecule has 4 nitrogen and oxygen atoms in total. The van der Waals surface area contributed by atoms with E-state index in [1.807, 2.05) is 38.1 Å². The Bertz CT molecular complexity index is 773. The number of rotatable bonds is 4. The highest BCUT2D eigenvalue weighted by atomic mass is 32.1. The molecule has 5 heteroatoms. The van der Waals surface area contributed by atoms with Crippen LogP contribution in [0.2, 0.25) is 0 Å². The van der Waals surface area contributed by atoms with Crippen LogP contribution >= 0.6 is 11.3 Å². The second-order valence-corrected chi connectivity index (χ2v) is 7.51. The SMILES string of the molecule is Cc1cccc(NC(=O)CN(C)C(=O)c2cc3c(s2)CCC3)c1C. The molecule has 1 aliphatic carbocycles. The van der Waals surface area contributed by atoms with E-state index in [9.17, 15) is 9.59 Å². The minimum absolute atomic E-state index is 0.0504. The average Bonchev–Trinajstić information content (AvgIpc) is 3.12. The monoisotopic (exact) mass is 342 g/mol. The van der Waals surface area contributed by atoms with Crippen molar-refractivity contribution in [3.05, 3.63) is 50.7 Å². The Balaban J connectivity index is 1.63. The number of nitrogens with one attached hydrogen (secondary N) is 1. The first kappa shape index (κ1) is 16.7. The van der Waals surface area contributed by atoms with Crippen molar-refractivity contribution >= 4 is 28.8 Å². The summed E-state index contributed by atoms with van der Waals surface area (Å²) in [6, 6.07) is 7.80. The standard InChI is InChI=1S/C19H22N2O2S/c1-12-6-4-8-15(13(12)2)20-18(22)11-21(3)19(23)17-10-14-7-5-9-16(14)24-17/h4,6,8,10H,5,7,9,11H2,1-3H3,(H,20,22). The third kappa shape index (κ3) is 3.36. The van der Waals surface area contributed by atoms with Crippen molar-refractivity contribution in [2.45, 2.75) is 33.1 Å². The molecular weight excluding hydrogens is 320 g/mol. The van der Waals surface area contributed by atoms with E-state index >= 15 is 0 Å². The maximum Gasteiger partial charge on any atom is 0.264 e. The fourth-order valence-corrected chi connectivity index (χ4v) is 4.23. The molecule has 1 aromatic carbocycles. The number of thiophene rings is 1. The Morgan fingerprint density at radius 1 is 1.25 bits per heavy atom. The Kier molecular flexibility index (Phi) is 4.71. The van der Waals surface area contributed by atoms with Crippen molar-refractivity contribution in [2.24, 2.45) is 0 Å². The quantitative estimate of drug-likeness (QED) is 0.923. The second-order valence-electron chi connectivity index (χ2n) is 6.37. The number of anilines is 1. The van der Waals surface area contributed by atoms with Crippen LogP contribution in [0.15, 0.2) is 24.3 Å². The lowest BCUT2D eigenvalue weighted by Crippen LogP contribution is -2.34. The van der Waals surface area contributed by atoms with E-state index in [0.717, 1.165) is 34.5 Å². The van der Waals surface area contributed by atoms with E-state index in [2.05, 4.69) is 5.32 Å². The zero-order valence-corrected chi connectivity index (χ0v) is 15.1. The van der Waals surface area contributed by atoms with Gasteiger partial charge in [0.1, 0.15) is 0 Å². The van der Waals surface area contributed by atoms with Gasteiger partial charge in [0.05, 0.1) is 11.4 Å². The lowest BCUT2D eigenvalue weighted by Gasteiger charge is -2.17. The molecule has 0 aliphatic heterocycles. The van der Waals surface area contributed by atoms with Crippen LogP contribution in [0.3, 0.4) is 0 Å². The highest BCUT2D eigenvalue weighted by molar-refractivity contribution is 7.14. The van der Waals surface area contributed by atoms with Crippen LogP contribution in [0, 0.1) is 13.8 Å². The summed E-state index contributed by atoms with van der Waals surface area (Å²) in [5, 5.41) is 2.90. The molecule has 1 aliphatic rings. The maximum atomic E-state index is 12.5. The third-order valence-corrected chi connectivity index (χ3v) is 5.79. The molecule has 0 fully saturated rings. The molecular formula is C19H22N2O2S. The summed E-state index contributed by atoms with van der Waals surface area (Å²) < 4.78 is 0. The average molecular weight is 342 g/mol. The summed E-state index contributed by atoms with van der Waals surface area (Å²) in [5.74, 6) is -0.255. The summed E-state index contributed by atoms with van der Waals surface area (Å²) in [4.78, 5) is 28.3. The minimum Gasteiger partial charge on any atom is -0.332 e. The number of hydrogen-bond acceptors (Lipinski definition) is 3. The fourth-order valence-electron chi connectivity index (χ4n) is 2.99. The summed E-state index contributed by atoms with van der Waals surface area (Å²) >= 11 is 1.57. The predicted molar refractivity (Wildman–Crippen MR) is 97.9 cm³/mol. The molecule has 0 bridgehead atoms. The molecule has 0 atom stereocenters. The molecule has 0 unspecified atom stereocenters. The zero-order chi connectivity index (χ0) is 17.3. The molecule has 0 radical (unpaired) electrons. The topological polar surface area (TPSA) is 49.4 Å². The first-order valence-corrected chi connectivity index (χ1v) is 9.00. The van der Waals surface area contributed by atoms with Gasteiger partial charge in [-0.15, -0.1) is 11.3 Å². The van der Waals surface area contributed by atoms with Gasteiger partial charge in [-0.1, -0.05) is 12.1 Å². The maximum absolute atomic E-state index is 12.5. The molecule has 0 spiro atoms. The Labute approximate surface area is 146 Å². The lowest BCUT2D eigenvalue weighted by atomic mass is 10.1. The molecule has 2 aromatic rings. The lowest BCUT2D eigenvalue weighted by molar-refractivity contribution is -0.116. The summed E-state index contributed by atoms with van der Waals surface area (Å²) in [5.41, 5.74) is 4.28. The van der Waals surface area contributed by atoms with Crippen molar-refractivity contribution in [1.29, 1.82) is 0 Å². The molecule has 0 saturated carbocycles. The van der Waals surface area contributed by atoms with Crippen LogP contribution in [-0.2, 0) is 17.6 Å². The molecule has 1 heterocycles. The van der Waals surface area contributed by atoms with E-state index in [1.165, 1.54) is 21.8 Å². The van der Waals surface area contributed by atoms with Gasteiger partial charge >= 0.3 is 0 Å². The van der Waals surface area contributed by atoms with Gasteiger partial charge in [-0.3, -0.25) is 9.59 Å². The van der Waals surface area contributed by atoms with E-state index in [-0.39, 0.29) is 18.4 Å². The van der Waals surface area contributed by atoms with Crippen LogP contribution < -0.4 is 5.32 Å². The third-order valence-electron chi connectivity index (χ3n) is 4.56. The molecule has 2 amide bonds. The number of hydrogen-bond donors (Lipinski definition) is 1. The molecule has 0 saturated heterocycles. The molecule has 24 heavy (non-hydrogen) atoms.